The minimum Gasteiger partial charge on any atom is -0.434 e. The average Bonchev–Trinajstić information content (AvgIpc) is 2.39. The second-order valence-electron chi connectivity index (χ2n) is 3.58. The van der Waals surface area contributed by atoms with Crippen molar-refractivity contribution in [2.24, 2.45) is 5.73 Å². The van der Waals surface area contributed by atoms with Crippen LogP contribution in [0.4, 0.5) is 5.69 Å². The van der Waals surface area contributed by atoms with Crippen molar-refractivity contribution >= 4 is 23.2 Å². The van der Waals surface area contributed by atoms with Crippen molar-refractivity contribution in [1.82, 2.24) is 9.97 Å². The largest absolute Gasteiger partial charge is 0.434 e. The Labute approximate surface area is 117 Å². The molecule has 1 heterocycles. The summed E-state index contributed by atoms with van der Waals surface area (Å²) in [5, 5.41) is 10.6. The zero-order valence-corrected chi connectivity index (χ0v) is 10.6. The molecule has 1 aromatic heterocycles. The zero-order valence-electron chi connectivity index (χ0n) is 9.82. The number of ether oxygens (including phenoxy) is 1. The van der Waals surface area contributed by atoms with Gasteiger partial charge in [-0.2, -0.15) is 4.98 Å². The number of halogens is 1. The minimum absolute atomic E-state index is 0.181. The van der Waals surface area contributed by atoms with Crippen LogP contribution in [0.3, 0.4) is 0 Å². The normalized spacial score (nSPS) is 10.1. The number of aromatic nitrogens is 2. The SMILES string of the molecule is NC(=O)c1ccc(Oc2nc(Cl)ncc2[N+](=O)[O-])cc1. The molecule has 2 N–H and O–H groups in total. The van der Waals surface area contributed by atoms with Gasteiger partial charge in [-0.15, -0.1) is 0 Å². The van der Waals surface area contributed by atoms with Crippen molar-refractivity contribution < 1.29 is 14.5 Å². The Balaban J connectivity index is 2.31. The predicted molar refractivity (Wildman–Crippen MR) is 68.7 cm³/mol. The first kappa shape index (κ1) is 13.7. The maximum atomic E-state index is 10.9. The zero-order chi connectivity index (χ0) is 14.7. The van der Waals surface area contributed by atoms with Crippen LogP contribution < -0.4 is 10.5 Å². The molecule has 2 aromatic rings. The molecule has 2 rings (SSSR count). The van der Waals surface area contributed by atoms with Gasteiger partial charge >= 0.3 is 11.6 Å². The van der Waals surface area contributed by atoms with Crippen molar-refractivity contribution in [3.05, 3.63) is 51.4 Å². The van der Waals surface area contributed by atoms with Crippen LogP contribution in [0.25, 0.3) is 0 Å². The van der Waals surface area contributed by atoms with E-state index in [2.05, 4.69) is 9.97 Å². The molecule has 0 radical (unpaired) electrons. The lowest BCUT2D eigenvalue weighted by Crippen LogP contribution is -2.10. The number of hydrogen-bond donors (Lipinski definition) is 1. The Bertz CT molecular complexity index is 675. The Hall–Kier alpha value is -2.74. The van der Waals surface area contributed by atoms with E-state index in [1.165, 1.54) is 24.3 Å². The summed E-state index contributed by atoms with van der Waals surface area (Å²) < 4.78 is 5.26. The first-order valence-electron chi connectivity index (χ1n) is 5.22. The lowest BCUT2D eigenvalue weighted by molar-refractivity contribution is -0.386. The van der Waals surface area contributed by atoms with Crippen LogP contribution in [0.15, 0.2) is 30.5 Å². The number of benzene rings is 1. The molecule has 0 unspecified atom stereocenters. The summed E-state index contributed by atoms with van der Waals surface area (Å²) >= 11 is 5.57. The third-order valence-electron chi connectivity index (χ3n) is 2.26. The van der Waals surface area contributed by atoms with Crippen LogP contribution in [0, 0.1) is 10.1 Å². The smallest absolute Gasteiger partial charge is 0.349 e. The number of carbonyl (C=O) groups excluding carboxylic acids is 1. The molecule has 8 nitrogen and oxygen atoms in total. The molecule has 1 amide bonds. The van der Waals surface area contributed by atoms with Crippen LogP contribution in [-0.2, 0) is 0 Å². The van der Waals surface area contributed by atoms with Crippen LogP contribution in [0.5, 0.6) is 11.6 Å². The quantitative estimate of drug-likeness (QED) is 0.522. The molecule has 20 heavy (non-hydrogen) atoms. The Morgan fingerprint density at radius 2 is 2.00 bits per heavy atom. The lowest BCUT2D eigenvalue weighted by atomic mass is 10.2. The number of primary amides is 1. The molecule has 0 bridgehead atoms. The molecule has 0 fully saturated rings. The first-order valence-corrected chi connectivity index (χ1v) is 5.60. The van der Waals surface area contributed by atoms with Gasteiger partial charge < -0.3 is 10.5 Å². The Morgan fingerprint density at radius 1 is 1.35 bits per heavy atom. The number of nitrogens with zero attached hydrogens (tertiary/aromatic N) is 3. The van der Waals surface area contributed by atoms with Crippen molar-refractivity contribution in [1.29, 1.82) is 0 Å². The van der Waals surface area contributed by atoms with Gasteiger partial charge in [-0.05, 0) is 35.9 Å². The van der Waals surface area contributed by atoms with Gasteiger partial charge in [-0.25, -0.2) is 4.98 Å². The molecule has 0 spiro atoms. The first-order chi connectivity index (χ1) is 9.47. The predicted octanol–water partition coefficient (Wildman–Crippen LogP) is 1.93. The van der Waals surface area contributed by atoms with Gasteiger partial charge in [0.1, 0.15) is 11.9 Å². The summed E-state index contributed by atoms with van der Waals surface area (Å²) in [4.78, 5) is 28.2. The molecule has 0 saturated carbocycles. The summed E-state index contributed by atoms with van der Waals surface area (Å²) in [6.07, 6.45) is 0.947. The van der Waals surface area contributed by atoms with Crippen LogP contribution in [-0.4, -0.2) is 20.8 Å². The Kier molecular flexibility index (Phi) is 3.76. The van der Waals surface area contributed by atoms with Crippen molar-refractivity contribution in [2.75, 3.05) is 0 Å². The van der Waals surface area contributed by atoms with E-state index in [1.54, 1.807) is 0 Å². The number of nitrogens with two attached hydrogens (primary N) is 1. The minimum atomic E-state index is -0.691. The van der Waals surface area contributed by atoms with E-state index in [1.807, 2.05) is 0 Å². The molecule has 0 atom stereocenters. The highest BCUT2D eigenvalue weighted by molar-refractivity contribution is 6.28. The van der Waals surface area contributed by atoms with E-state index in [-0.39, 0.29) is 22.5 Å². The van der Waals surface area contributed by atoms with E-state index in [0.717, 1.165) is 6.20 Å². The second kappa shape index (κ2) is 5.49. The van der Waals surface area contributed by atoms with Crippen LogP contribution in [0.1, 0.15) is 10.4 Å². The standard InChI is InChI=1S/C11H7ClN4O4/c12-11-14-5-8(16(18)19)10(15-11)20-7-3-1-6(2-4-7)9(13)17/h1-5H,(H2,13,17). The number of hydrogen-bond acceptors (Lipinski definition) is 6. The fourth-order valence-corrected chi connectivity index (χ4v) is 1.46. The molecule has 0 aliphatic rings. The van der Waals surface area contributed by atoms with Gasteiger partial charge in [0, 0.05) is 5.56 Å². The van der Waals surface area contributed by atoms with E-state index in [4.69, 9.17) is 22.1 Å². The number of amides is 1. The molecule has 0 aliphatic carbocycles. The third kappa shape index (κ3) is 2.98. The van der Waals surface area contributed by atoms with Gasteiger partial charge in [0.15, 0.2) is 0 Å². The number of rotatable bonds is 4. The highest BCUT2D eigenvalue weighted by Crippen LogP contribution is 2.29. The maximum absolute atomic E-state index is 10.9. The van der Waals surface area contributed by atoms with Crippen LogP contribution in [0.2, 0.25) is 5.28 Å². The summed E-state index contributed by atoms with van der Waals surface area (Å²) in [5.74, 6) is -0.637. The van der Waals surface area contributed by atoms with Crippen LogP contribution >= 0.6 is 11.6 Å². The molecule has 1 aromatic carbocycles. The van der Waals surface area contributed by atoms with Crippen molar-refractivity contribution in [3.63, 3.8) is 0 Å². The molecule has 0 aliphatic heterocycles. The number of nitro groups is 1. The van der Waals surface area contributed by atoms with Gasteiger partial charge in [0.25, 0.3) is 0 Å². The van der Waals surface area contributed by atoms with Crippen molar-refractivity contribution in [3.8, 4) is 11.6 Å². The fraction of sp³-hybridized carbons (Fsp3) is 0. The van der Waals surface area contributed by atoms with Gasteiger partial charge in [0.05, 0.1) is 4.92 Å². The second-order valence-corrected chi connectivity index (χ2v) is 3.92. The molecule has 9 heteroatoms. The number of carbonyl (C=O) groups is 1. The molecular formula is C11H7ClN4O4. The van der Waals surface area contributed by atoms with Gasteiger partial charge in [-0.3, -0.25) is 14.9 Å². The van der Waals surface area contributed by atoms with E-state index in [0.29, 0.717) is 0 Å². The molecule has 102 valence electrons. The van der Waals surface area contributed by atoms with Crippen molar-refractivity contribution in [2.45, 2.75) is 0 Å². The van der Waals surface area contributed by atoms with E-state index >= 15 is 0 Å². The third-order valence-corrected chi connectivity index (χ3v) is 2.44. The topological polar surface area (TPSA) is 121 Å². The fourth-order valence-electron chi connectivity index (χ4n) is 1.34. The van der Waals surface area contributed by atoms with E-state index in [9.17, 15) is 14.9 Å². The summed E-state index contributed by atoms with van der Waals surface area (Å²) in [5.41, 5.74) is 4.95. The lowest BCUT2D eigenvalue weighted by Gasteiger charge is -2.05. The summed E-state index contributed by atoms with van der Waals surface area (Å²) in [7, 11) is 0. The molecular weight excluding hydrogens is 288 g/mol. The van der Waals surface area contributed by atoms with Gasteiger partial charge in [-0.1, -0.05) is 0 Å². The van der Waals surface area contributed by atoms with Gasteiger partial charge in [0.2, 0.25) is 11.2 Å². The van der Waals surface area contributed by atoms with E-state index < -0.39 is 16.5 Å². The monoisotopic (exact) mass is 294 g/mol. The summed E-state index contributed by atoms with van der Waals surface area (Å²) in [6.45, 7) is 0. The molecule has 0 saturated heterocycles. The summed E-state index contributed by atoms with van der Waals surface area (Å²) in [6, 6.07) is 5.71. The Morgan fingerprint density at radius 3 is 2.55 bits per heavy atom. The average molecular weight is 295 g/mol. The highest BCUT2D eigenvalue weighted by Gasteiger charge is 2.19. The highest BCUT2D eigenvalue weighted by atomic mass is 35.5. The maximum Gasteiger partial charge on any atom is 0.349 e.